The molecule has 5 nitrogen and oxygen atoms in total. The first-order chi connectivity index (χ1) is 26.9. The number of hydrogen-bond acceptors (Lipinski definition) is 5. The van der Waals surface area contributed by atoms with E-state index in [1.807, 2.05) is 0 Å². The Bertz CT molecular complexity index is 846. The van der Waals surface area contributed by atoms with Gasteiger partial charge in [0.05, 0.1) is 13.2 Å². The fraction of sp³-hybridized carbons (Fsp3) is 0.960. The Morgan fingerprint density at radius 2 is 0.800 bits per heavy atom. The minimum absolute atomic E-state index is 0.0163. The molecule has 0 N–H and O–H groups in total. The molecule has 0 aromatic rings. The second-order valence-corrected chi connectivity index (χ2v) is 18.3. The molecule has 326 valence electrons. The van der Waals surface area contributed by atoms with Crippen LogP contribution in [0.25, 0.3) is 0 Å². The van der Waals surface area contributed by atoms with Crippen LogP contribution >= 0.6 is 0 Å². The molecule has 0 heterocycles. The first kappa shape index (κ1) is 51.9. The van der Waals surface area contributed by atoms with E-state index in [9.17, 15) is 9.59 Å². The molecule has 2 unspecified atom stereocenters. The van der Waals surface area contributed by atoms with Crippen LogP contribution in [0.15, 0.2) is 0 Å². The number of ether oxygens (including phenoxy) is 2. The van der Waals surface area contributed by atoms with Gasteiger partial charge in [-0.2, -0.15) is 0 Å². The van der Waals surface area contributed by atoms with Crippen LogP contribution in [0.3, 0.4) is 0 Å². The van der Waals surface area contributed by atoms with Crippen LogP contribution in [0.1, 0.15) is 264 Å². The van der Waals surface area contributed by atoms with Crippen LogP contribution in [0.4, 0.5) is 0 Å². The smallest absolute Gasteiger partial charge is 0.305 e. The summed E-state index contributed by atoms with van der Waals surface area (Å²) in [5, 5.41) is 0. The first-order valence-corrected chi connectivity index (χ1v) is 24.9. The van der Waals surface area contributed by atoms with Crippen molar-refractivity contribution >= 4 is 11.9 Å². The van der Waals surface area contributed by atoms with Crippen molar-refractivity contribution in [2.45, 2.75) is 264 Å². The number of nitrogens with zero attached hydrogens (tertiary/aromatic N) is 1. The Morgan fingerprint density at radius 1 is 0.455 bits per heavy atom. The predicted molar refractivity (Wildman–Crippen MR) is 238 cm³/mol. The third-order valence-corrected chi connectivity index (χ3v) is 12.7. The summed E-state index contributed by atoms with van der Waals surface area (Å²) < 4.78 is 10.9. The van der Waals surface area contributed by atoms with Crippen molar-refractivity contribution in [2.24, 2.45) is 11.3 Å². The van der Waals surface area contributed by atoms with Gasteiger partial charge in [0.25, 0.3) is 0 Å². The fourth-order valence-electron chi connectivity index (χ4n) is 8.72. The Balaban J connectivity index is 1.95. The van der Waals surface area contributed by atoms with Gasteiger partial charge < -0.3 is 14.4 Å². The summed E-state index contributed by atoms with van der Waals surface area (Å²) in [7, 11) is 4.46. The largest absolute Gasteiger partial charge is 0.466 e. The third-order valence-electron chi connectivity index (χ3n) is 12.7. The van der Waals surface area contributed by atoms with E-state index >= 15 is 0 Å². The molecule has 1 fully saturated rings. The zero-order valence-electron chi connectivity index (χ0n) is 37.9. The molecule has 0 aromatic carbocycles. The molecule has 0 saturated heterocycles. The number of unbranched alkanes of at least 4 members (excludes halogenated alkanes) is 29. The van der Waals surface area contributed by atoms with E-state index in [0.29, 0.717) is 31.5 Å². The highest BCUT2D eigenvalue weighted by atomic mass is 16.5. The molecule has 0 amide bonds. The van der Waals surface area contributed by atoms with Gasteiger partial charge in [-0.25, -0.2) is 0 Å². The van der Waals surface area contributed by atoms with E-state index in [4.69, 9.17) is 9.47 Å². The van der Waals surface area contributed by atoms with Gasteiger partial charge in [0.2, 0.25) is 0 Å². The minimum Gasteiger partial charge on any atom is -0.466 e. The maximum atomic E-state index is 12.1. The summed E-state index contributed by atoms with van der Waals surface area (Å²) in [5.74, 6) is 0.997. The van der Waals surface area contributed by atoms with Crippen molar-refractivity contribution in [2.75, 3.05) is 33.9 Å². The number of hydrogen-bond donors (Lipinski definition) is 0. The molecule has 0 bridgehead atoms. The lowest BCUT2D eigenvalue weighted by molar-refractivity contribution is -0.144. The summed E-state index contributed by atoms with van der Waals surface area (Å²) >= 11 is 0. The molecule has 0 spiro atoms. The van der Waals surface area contributed by atoms with Crippen LogP contribution in [-0.2, 0) is 19.1 Å². The van der Waals surface area contributed by atoms with Gasteiger partial charge in [0.15, 0.2) is 0 Å². The van der Waals surface area contributed by atoms with Crippen LogP contribution in [0.2, 0.25) is 0 Å². The molecule has 55 heavy (non-hydrogen) atoms. The molecule has 1 saturated carbocycles. The molecular weight excluding hydrogens is 679 g/mol. The minimum atomic E-state index is 0.0163. The molecule has 5 heteroatoms. The van der Waals surface area contributed by atoms with Gasteiger partial charge in [-0.15, -0.1) is 0 Å². The summed E-state index contributed by atoms with van der Waals surface area (Å²) in [6.07, 6.45) is 49.4. The highest BCUT2D eigenvalue weighted by Gasteiger charge is 2.51. The Labute approximate surface area is 344 Å². The molecule has 2 atom stereocenters. The van der Waals surface area contributed by atoms with E-state index in [-0.39, 0.29) is 11.9 Å². The van der Waals surface area contributed by atoms with Crippen LogP contribution in [0.5, 0.6) is 0 Å². The molecule has 1 rings (SSSR count). The second-order valence-electron chi connectivity index (χ2n) is 18.3. The Morgan fingerprint density at radius 3 is 1.20 bits per heavy atom. The van der Waals surface area contributed by atoms with E-state index in [2.05, 4.69) is 32.8 Å². The van der Waals surface area contributed by atoms with E-state index in [1.54, 1.807) is 0 Å². The van der Waals surface area contributed by atoms with Gasteiger partial charge in [-0.3, -0.25) is 9.59 Å². The zero-order valence-corrected chi connectivity index (χ0v) is 37.9. The lowest BCUT2D eigenvalue weighted by Gasteiger charge is -2.20. The maximum absolute atomic E-state index is 12.1. The average molecular weight is 776 g/mol. The predicted octanol–water partition coefficient (Wildman–Crippen LogP) is 15.5. The van der Waals surface area contributed by atoms with Crippen molar-refractivity contribution in [1.29, 1.82) is 0 Å². The quantitative estimate of drug-likeness (QED) is 0.0456. The standard InChI is InChI=1S/C50H97NO4/c1-5-7-9-11-13-17-24-30-36-44-54-48(52)39-33-27-21-15-16-23-29-35-41-50(42-43-51(3)4)46-47(50)38-32-26-20-19-22-28-34-40-49(53)55-45-37-31-25-18-14-12-10-8-6-2/h47H,5-46H2,1-4H3. The summed E-state index contributed by atoms with van der Waals surface area (Å²) in [6.45, 7) is 7.01. The van der Waals surface area contributed by atoms with Crippen LogP contribution < -0.4 is 0 Å². The lowest BCUT2D eigenvalue weighted by atomic mass is 9.89. The summed E-state index contributed by atoms with van der Waals surface area (Å²) in [5.41, 5.74) is 0.634. The van der Waals surface area contributed by atoms with Crippen molar-refractivity contribution in [3.63, 3.8) is 0 Å². The Kier molecular flexibility index (Phi) is 36.3. The first-order valence-electron chi connectivity index (χ1n) is 24.9. The lowest BCUT2D eigenvalue weighted by Crippen LogP contribution is -2.18. The van der Waals surface area contributed by atoms with Gasteiger partial charge in [0.1, 0.15) is 0 Å². The highest BCUT2D eigenvalue weighted by Crippen LogP contribution is 2.61. The van der Waals surface area contributed by atoms with Crippen molar-refractivity contribution in [1.82, 2.24) is 4.90 Å². The molecule has 1 aliphatic rings. The zero-order chi connectivity index (χ0) is 39.9. The average Bonchev–Trinajstić information content (AvgIpc) is 3.87. The molecule has 0 aromatic heterocycles. The van der Waals surface area contributed by atoms with Crippen molar-refractivity contribution in [3.05, 3.63) is 0 Å². The number of carbonyl (C=O) groups is 2. The Hall–Kier alpha value is -1.10. The second kappa shape index (κ2) is 38.4. The SMILES string of the molecule is CCCCCCCCCCCOC(=O)CCCCCCCCCCC1(CCN(C)C)CC1CCCCCCCCCC(=O)OCCCCCCCCCCC. The van der Waals surface area contributed by atoms with Crippen LogP contribution in [-0.4, -0.2) is 50.7 Å². The third kappa shape index (κ3) is 33.6. The number of rotatable bonds is 44. The molecular formula is C50H97NO4. The topological polar surface area (TPSA) is 55.8 Å². The molecule has 0 radical (unpaired) electrons. The number of carbonyl (C=O) groups excluding carboxylic acids is 2. The summed E-state index contributed by atoms with van der Waals surface area (Å²) in [4.78, 5) is 26.5. The van der Waals surface area contributed by atoms with Crippen LogP contribution in [0, 0.1) is 11.3 Å². The van der Waals surface area contributed by atoms with Crippen molar-refractivity contribution < 1.29 is 19.1 Å². The summed E-state index contributed by atoms with van der Waals surface area (Å²) in [6, 6.07) is 0. The normalized spacial score (nSPS) is 16.6. The van der Waals surface area contributed by atoms with Crippen molar-refractivity contribution in [3.8, 4) is 0 Å². The van der Waals surface area contributed by atoms with Gasteiger partial charge in [0, 0.05) is 12.8 Å². The fourth-order valence-corrected chi connectivity index (χ4v) is 8.72. The van der Waals surface area contributed by atoms with E-state index in [0.717, 1.165) is 31.6 Å². The van der Waals surface area contributed by atoms with Gasteiger partial charge in [-0.1, -0.05) is 200 Å². The number of esters is 2. The van der Waals surface area contributed by atoms with Gasteiger partial charge >= 0.3 is 11.9 Å². The van der Waals surface area contributed by atoms with E-state index < -0.39 is 0 Å². The van der Waals surface area contributed by atoms with E-state index in [1.165, 1.54) is 218 Å². The monoisotopic (exact) mass is 776 g/mol. The maximum Gasteiger partial charge on any atom is 0.305 e. The molecule has 1 aliphatic carbocycles. The molecule has 0 aliphatic heterocycles. The highest BCUT2D eigenvalue weighted by molar-refractivity contribution is 5.69. The van der Waals surface area contributed by atoms with Gasteiger partial charge in [-0.05, 0) is 83.3 Å².